The number of nitrogens with two attached hydrogens (primary N) is 1. The van der Waals surface area contributed by atoms with Crippen molar-refractivity contribution in [2.45, 2.75) is 63.7 Å². The van der Waals surface area contributed by atoms with Gasteiger partial charge < -0.3 is 16.0 Å². The fraction of sp³-hybridized carbons (Fsp3) is 0.552. The molecule has 2 aromatic carbocycles. The number of primary amides is 1. The van der Waals surface area contributed by atoms with E-state index in [0.29, 0.717) is 0 Å². The Morgan fingerprint density at radius 2 is 1.39 bits per heavy atom. The highest BCUT2D eigenvalue weighted by molar-refractivity contribution is 5.91. The van der Waals surface area contributed by atoms with E-state index in [4.69, 9.17) is 5.73 Å². The molecular formula is C29H43N3O. The largest absolute Gasteiger partial charge is 0.369 e. The van der Waals surface area contributed by atoms with E-state index < -0.39 is 5.41 Å². The molecule has 33 heavy (non-hydrogen) atoms. The zero-order valence-corrected chi connectivity index (χ0v) is 20.5. The van der Waals surface area contributed by atoms with E-state index in [2.05, 4.69) is 41.4 Å². The number of hydrogen-bond acceptors (Lipinski definition) is 3. The lowest BCUT2D eigenvalue weighted by atomic mass is 9.62. The third-order valence-corrected chi connectivity index (χ3v) is 7.37. The van der Waals surface area contributed by atoms with E-state index in [1.165, 1.54) is 45.1 Å². The van der Waals surface area contributed by atoms with Gasteiger partial charge in [-0.25, -0.2) is 0 Å². The summed E-state index contributed by atoms with van der Waals surface area (Å²) in [4.78, 5) is 15.7. The van der Waals surface area contributed by atoms with Gasteiger partial charge in [0.25, 0.3) is 0 Å². The number of hydrogen-bond donors (Lipinski definition) is 2. The summed E-state index contributed by atoms with van der Waals surface area (Å²) >= 11 is 0. The van der Waals surface area contributed by atoms with Crippen LogP contribution in [0.15, 0.2) is 60.7 Å². The molecule has 3 rings (SSSR count). The van der Waals surface area contributed by atoms with Gasteiger partial charge in [-0.05, 0) is 75.5 Å². The number of likely N-dealkylation sites (tertiary alicyclic amines) is 1. The predicted molar refractivity (Wildman–Crippen MR) is 138 cm³/mol. The fourth-order valence-electron chi connectivity index (χ4n) is 5.58. The number of carbonyl (C=O) groups is 1. The molecule has 0 bridgehead atoms. The molecule has 1 aliphatic rings. The lowest BCUT2D eigenvalue weighted by molar-refractivity contribution is -0.124. The monoisotopic (exact) mass is 449 g/mol. The van der Waals surface area contributed by atoms with Crippen LogP contribution in [0.1, 0.15) is 69.4 Å². The molecule has 1 saturated heterocycles. The van der Waals surface area contributed by atoms with Gasteiger partial charge in [-0.1, -0.05) is 93.3 Å². The van der Waals surface area contributed by atoms with E-state index in [1.807, 2.05) is 36.4 Å². The van der Waals surface area contributed by atoms with Crippen LogP contribution < -0.4 is 11.1 Å². The molecule has 1 aliphatic heterocycles. The summed E-state index contributed by atoms with van der Waals surface area (Å²) in [6.07, 6.45) is 9.92. The Morgan fingerprint density at radius 1 is 0.879 bits per heavy atom. The highest BCUT2D eigenvalue weighted by Gasteiger charge is 2.47. The molecule has 4 heteroatoms. The van der Waals surface area contributed by atoms with Crippen molar-refractivity contribution in [2.24, 2.45) is 11.7 Å². The maximum Gasteiger partial charge on any atom is 0.232 e. The Kier molecular flexibility index (Phi) is 10.4. The summed E-state index contributed by atoms with van der Waals surface area (Å²) in [6.45, 7) is 7.66. The minimum Gasteiger partial charge on any atom is -0.369 e. The van der Waals surface area contributed by atoms with E-state index in [9.17, 15) is 4.79 Å². The maximum atomic E-state index is 13.2. The average Bonchev–Trinajstić information content (AvgIpc) is 2.85. The second-order valence-electron chi connectivity index (χ2n) is 9.50. The summed E-state index contributed by atoms with van der Waals surface area (Å²) in [5.41, 5.74) is 7.50. The zero-order chi connectivity index (χ0) is 23.4. The molecule has 0 radical (unpaired) electrons. The molecule has 0 unspecified atom stereocenters. The van der Waals surface area contributed by atoms with Gasteiger partial charge in [0.2, 0.25) is 5.91 Å². The number of nitrogens with zero attached hydrogens (tertiary/aromatic N) is 1. The molecule has 3 N–H and O–H groups in total. The SMILES string of the molecule is CCNCCCCCCCCN1CCC(C(C(N)=O)(c2ccccc2)c2ccccc2)CC1. The van der Waals surface area contributed by atoms with Gasteiger partial charge in [0.05, 0.1) is 0 Å². The summed E-state index contributed by atoms with van der Waals surface area (Å²) in [5.74, 6) is -0.0136. The quantitative estimate of drug-likeness (QED) is 0.394. The van der Waals surface area contributed by atoms with Crippen molar-refractivity contribution in [2.75, 3.05) is 32.7 Å². The van der Waals surface area contributed by atoms with Crippen LogP contribution in [0.3, 0.4) is 0 Å². The summed E-state index contributed by atoms with van der Waals surface area (Å²) in [6, 6.07) is 20.4. The van der Waals surface area contributed by atoms with Gasteiger partial charge >= 0.3 is 0 Å². The molecule has 4 nitrogen and oxygen atoms in total. The molecule has 0 aromatic heterocycles. The summed E-state index contributed by atoms with van der Waals surface area (Å²) < 4.78 is 0. The third kappa shape index (κ3) is 6.68. The Morgan fingerprint density at radius 3 is 1.91 bits per heavy atom. The summed E-state index contributed by atoms with van der Waals surface area (Å²) in [5, 5.41) is 3.40. The molecule has 180 valence electrons. The average molecular weight is 450 g/mol. The first-order valence-electron chi connectivity index (χ1n) is 13.0. The van der Waals surface area contributed by atoms with E-state index >= 15 is 0 Å². The van der Waals surface area contributed by atoms with Crippen LogP contribution in [0.5, 0.6) is 0 Å². The molecule has 2 aromatic rings. The molecule has 0 atom stereocenters. The van der Waals surface area contributed by atoms with Gasteiger partial charge in [0, 0.05) is 0 Å². The number of carbonyl (C=O) groups excluding carboxylic acids is 1. The van der Waals surface area contributed by atoms with E-state index in [1.54, 1.807) is 0 Å². The first-order chi connectivity index (χ1) is 16.2. The number of benzene rings is 2. The lowest BCUT2D eigenvalue weighted by Crippen LogP contribution is -2.51. The van der Waals surface area contributed by atoms with Gasteiger partial charge in [-0.2, -0.15) is 0 Å². The highest BCUT2D eigenvalue weighted by atomic mass is 16.1. The van der Waals surface area contributed by atoms with Gasteiger partial charge in [0.1, 0.15) is 5.41 Å². The topological polar surface area (TPSA) is 58.4 Å². The molecule has 1 fully saturated rings. The van der Waals surface area contributed by atoms with Crippen LogP contribution in [0.4, 0.5) is 0 Å². The van der Waals surface area contributed by atoms with Gasteiger partial charge in [-0.15, -0.1) is 0 Å². The number of rotatable bonds is 14. The first kappa shape index (κ1) is 25.5. The summed E-state index contributed by atoms with van der Waals surface area (Å²) in [7, 11) is 0. The van der Waals surface area contributed by atoms with Gasteiger partial charge in [-0.3, -0.25) is 4.79 Å². The smallest absolute Gasteiger partial charge is 0.232 e. The molecule has 0 aliphatic carbocycles. The third-order valence-electron chi connectivity index (χ3n) is 7.37. The normalized spacial score (nSPS) is 15.5. The van der Waals surface area contributed by atoms with Crippen LogP contribution in [0, 0.1) is 5.92 Å². The molecule has 0 spiro atoms. The fourth-order valence-corrected chi connectivity index (χ4v) is 5.58. The van der Waals surface area contributed by atoms with Crippen molar-refractivity contribution in [3.8, 4) is 0 Å². The van der Waals surface area contributed by atoms with Crippen LogP contribution in [0.25, 0.3) is 0 Å². The number of amides is 1. The first-order valence-corrected chi connectivity index (χ1v) is 13.0. The van der Waals surface area contributed by atoms with Crippen molar-refractivity contribution in [1.82, 2.24) is 10.2 Å². The van der Waals surface area contributed by atoms with Crippen molar-refractivity contribution in [1.29, 1.82) is 0 Å². The molecule has 1 amide bonds. The van der Waals surface area contributed by atoms with Crippen molar-refractivity contribution in [3.05, 3.63) is 71.8 Å². The van der Waals surface area contributed by atoms with Crippen LogP contribution >= 0.6 is 0 Å². The molecular weight excluding hydrogens is 406 g/mol. The second kappa shape index (κ2) is 13.5. The number of nitrogens with one attached hydrogen (secondary N) is 1. The van der Waals surface area contributed by atoms with E-state index in [0.717, 1.165) is 50.1 Å². The minimum absolute atomic E-state index is 0.216. The molecule has 0 saturated carbocycles. The van der Waals surface area contributed by atoms with Crippen LogP contribution in [0.2, 0.25) is 0 Å². The maximum absolute atomic E-state index is 13.2. The minimum atomic E-state index is -0.763. The second-order valence-corrected chi connectivity index (χ2v) is 9.50. The Bertz CT molecular complexity index is 761. The molecule has 1 heterocycles. The van der Waals surface area contributed by atoms with Crippen molar-refractivity contribution >= 4 is 5.91 Å². The van der Waals surface area contributed by atoms with E-state index in [-0.39, 0.29) is 11.8 Å². The van der Waals surface area contributed by atoms with Crippen molar-refractivity contribution < 1.29 is 4.79 Å². The van der Waals surface area contributed by atoms with Crippen molar-refractivity contribution in [3.63, 3.8) is 0 Å². The Balaban J connectivity index is 1.55. The Hall–Kier alpha value is -2.17. The van der Waals surface area contributed by atoms with Crippen LogP contribution in [-0.2, 0) is 10.2 Å². The highest BCUT2D eigenvalue weighted by Crippen LogP contribution is 2.44. The van der Waals surface area contributed by atoms with Gasteiger partial charge in [0.15, 0.2) is 0 Å². The predicted octanol–water partition coefficient (Wildman–Crippen LogP) is 5.12. The zero-order valence-electron chi connectivity index (χ0n) is 20.5. The standard InChI is InChI=1S/C29H43N3O/c1-2-31-21-13-5-3-4-6-14-22-32-23-19-27(20-24-32)29(28(30)33,25-15-9-7-10-16-25)26-17-11-8-12-18-26/h7-12,15-18,27,31H,2-6,13-14,19-24H2,1H3,(H2,30,33). The Labute approximate surface area is 200 Å². The number of unbranched alkanes of at least 4 members (excludes halogenated alkanes) is 5. The number of piperidine rings is 1. The van der Waals surface area contributed by atoms with Crippen LogP contribution in [-0.4, -0.2) is 43.5 Å². The lowest BCUT2D eigenvalue weighted by Gasteiger charge is -2.43.